The third-order valence-corrected chi connectivity index (χ3v) is 1.99. The van der Waals surface area contributed by atoms with Crippen molar-refractivity contribution in [3.05, 3.63) is 18.2 Å². The summed E-state index contributed by atoms with van der Waals surface area (Å²) in [6.45, 7) is 8.76. The van der Waals surface area contributed by atoms with Crippen molar-refractivity contribution in [2.24, 2.45) is 5.92 Å². The summed E-state index contributed by atoms with van der Waals surface area (Å²) in [6.07, 6.45) is 3.59. The van der Waals surface area contributed by atoms with Gasteiger partial charge in [0.25, 0.3) is 0 Å². The number of aromatic amines is 1. The Bertz CT molecular complexity index is 252. The molecule has 1 aromatic rings. The lowest BCUT2D eigenvalue weighted by atomic mass is 10.2. The van der Waals surface area contributed by atoms with Crippen LogP contribution in [0.4, 0.5) is 0 Å². The summed E-state index contributed by atoms with van der Waals surface area (Å²) in [5, 5.41) is 3.34. The second kappa shape index (κ2) is 8.56. The van der Waals surface area contributed by atoms with Crippen LogP contribution >= 0.6 is 12.4 Å². The summed E-state index contributed by atoms with van der Waals surface area (Å²) >= 11 is 0. The lowest BCUT2D eigenvalue weighted by molar-refractivity contribution is 0.0934. The molecule has 0 fully saturated rings. The molecule has 0 aliphatic rings. The number of hydrogen-bond donors (Lipinski definition) is 2. The van der Waals surface area contributed by atoms with E-state index in [9.17, 15) is 0 Å². The molecule has 0 radical (unpaired) electrons. The van der Waals surface area contributed by atoms with Gasteiger partial charge in [-0.15, -0.1) is 12.4 Å². The van der Waals surface area contributed by atoms with Gasteiger partial charge in [0.05, 0.1) is 13.2 Å². The van der Waals surface area contributed by atoms with Gasteiger partial charge < -0.3 is 15.0 Å². The van der Waals surface area contributed by atoms with Crippen LogP contribution in [-0.2, 0) is 11.3 Å². The molecular weight excluding hydrogens is 226 g/mol. The van der Waals surface area contributed by atoms with Gasteiger partial charge in [-0.3, -0.25) is 0 Å². The maximum atomic E-state index is 5.53. The summed E-state index contributed by atoms with van der Waals surface area (Å²) in [5.41, 5.74) is 0. The Labute approximate surface area is 104 Å². The van der Waals surface area contributed by atoms with Crippen molar-refractivity contribution in [2.45, 2.75) is 33.4 Å². The van der Waals surface area contributed by atoms with Crippen LogP contribution in [0.15, 0.2) is 12.4 Å². The van der Waals surface area contributed by atoms with Crippen LogP contribution in [0.2, 0.25) is 0 Å². The Kier molecular flexibility index (Phi) is 8.25. The molecule has 0 aromatic carbocycles. The minimum absolute atomic E-state index is 0. The molecule has 1 rings (SSSR count). The van der Waals surface area contributed by atoms with Crippen molar-refractivity contribution in [2.75, 3.05) is 13.2 Å². The third kappa shape index (κ3) is 6.82. The van der Waals surface area contributed by atoms with E-state index in [1.165, 1.54) is 0 Å². The lowest BCUT2D eigenvalue weighted by Gasteiger charge is -2.14. The van der Waals surface area contributed by atoms with Gasteiger partial charge in [0.15, 0.2) is 0 Å². The van der Waals surface area contributed by atoms with Crippen LogP contribution < -0.4 is 5.32 Å². The van der Waals surface area contributed by atoms with Crippen LogP contribution in [-0.4, -0.2) is 29.2 Å². The first-order valence-corrected chi connectivity index (χ1v) is 5.48. The highest BCUT2D eigenvalue weighted by atomic mass is 35.5. The molecule has 1 aromatic heterocycles. The number of rotatable bonds is 7. The van der Waals surface area contributed by atoms with E-state index in [0.717, 1.165) is 25.6 Å². The summed E-state index contributed by atoms with van der Waals surface area (Å²) in [5.74, 6) is 1.56. The van der Waals surface area contributed by atoms with Crippen molar-refractivity contribution < 1.29 is 4.74 Å². The maximum absolute atomic E-state index is 5.53. The highest BCUT2D eigenvalue weighted by molar-refractivity contribution is 5.85. The van der Waals surface area contributed by atoms with E-state index in [1.807, 2.05) is 6.20 Å². The molecule has 1 atom stereocenters. The Morgan fingerprint density at radius 3 is 2.69 bits per heavy atom. The summed E-state index contributed by atoms with van der Waals surface area (Å²) < 4.78 is 5.53. The molecule has 0 saturated heterocycles. The quantitative estimate of drug-likeness (QED) is 0.775. The average Bonchev–Trinajstić information content (AvgIpc) is 2.66. The largest absolute Gasteiger partial charge is 0.380 e. The highest BCUT2D eigenvalue weighted by Gasteiger charge is 2.03. The fraction of sp³-hybridized carbons (Fsp3) is 0.727. The Hall–Kier alpha value is -0.580. The van der Waals surface area contributed by atoms with E-state index in [1.54, 1.807) is 6.20 Å². The summed E-state index contributed by atoms with van der Waals surface area (Å²) in [6, 6.07) is 0.355. The molecule has 1 unspecified atom stereocenters. The third-order valence-electron chi connectivity index (χ3n) is 1.99. The molecule has 0 amide bonds. The molecular formula is C11H22ClN3O. The van der Waals surface area contributed by atoms with E-state index in [0.29, 0.717) is 12.0 Å². The molecule has 0 aliphatic carbocycles. The maximum Gasteiger partial charge on any atom is 0.120 e. The van der Waals surface area contributed by atoms with E-state index in [4.69, 9.17) is 4.74 Å². The van der Waals surface area contributed by atoms with Gasteiger partial charge in [0.2, 0.25) is 0 Å². The number of nitrogens with one attached hydrogen (secondary N) is 2. The minimum atomic E-state index is 0. The van der Waals surface area contributed by atoms with Crippen molar-refractivity contribution in [1.29, 1.82) is 0 Å². The van der Waals surface area contributed by atoms with Gasteiger partial charge in [-0.1, -0.05) is 13.8 Å². The van der Waals surface area contributed by atoms with Gasteiger partial charge in [-0.25, -0.2) is 4.98 Å². The Balaban J connectivity index is 0.00000225. The predicted molar refractivity (Wildman–Crippen MR) is 67.8 cm³/mol. The first-order valence-electron chi connectivity index (χ1n) is 5.48. The van der Waals surface area contributed by atoms with Crippen molar-refractivity contribution in [3.8, 4) is 0 Å². The number of imidazole rings is 1. The topological polar surface area (TPSA) is 49.9 Å². The average molecular weight is 248 g/mol. The molecule has 0 bridgehead atoms. The smallest absolute Gasteiger partial charge is 0.120 e. The van der Waals surface area contributed by atoms with Gasteiger partial charge >= 0.3 is 0 Å². The van der Waals surface area contributed by atoms with E-state index >= 15 is 0 Å². The van der Waals surface area contributed by atoms with Crippen LogP contribution in [0.5, 0.6) is 0 Å². The molecule has 16 heavy (non-hydrogen) atoms. The Morgan fingerprint density at radius 1 is 1.38 bits per heavy atom. The van der Waals surface area contributed by atoms with Crippen molar-refractivity contribution in [1.82, 2.24) is 15.3 Å². The van der Waals surface area contributed by atoms with Gasteiger partial charge in [0.1, 0.15) is 5.82 Å². The highest BCUT2D eigenvalue weighted by Crippen LogP contribution is 1.95. The number of hydrogen-bond acceptors (Lipinski definition) is 3. The minimum Gasteiger partial charge on any atom is -0.380 e. The predicted octanol–water partition coefficient (Wildman–Crippen LogP) is 1.98. The molecule has 2 N–H and O–H groups in total. The molecule has 4 nitrogen and oxygen atoms in total. The zero-order chi connectivity index (χ0) is 11.1. The second-order valence-corrected chi connectivity index (χ2v) is 4.25. The first kappa shape index (κ1) is 15.4. The van der Waals surface area contributed by atoms with E-state index in [2.05, 4.69) is 36.1 Å². The fourth-order valence-corrected chi connectivity index (χ4v) is 1.20. The van der Waals surface area contributed by atoms with Crippen molar-refractivity contribution >= 4 is 12.4 Å². The van der Waals surface area contributed by atoms with Crippen LogP contribution in [0.3, 0.4) is 0 Å². The standard InChI is InChI=1S/C11H21N3O.ClH/c1-9(2)7-15-8-10(3)14-6-11-12-4-5-13-11;/h4-5,9-10,14H,6-8H2,1-3H3,(H,12,13);1H. The molecule has 94 valence electrons. The van der Waals surface area contributed by atoms with Gasteiger partial charge in [0, 0.05) is 25.0 Å². The summed E-state index contributed by atoms with van der Waals surface area (Å²) in [4.78, 5) is 7.19. The number of H-pyrrole nitrogens is 1. The normalized spacial score (nSPS) is 12.5. The van der Waals surface area contributed by atoms with Crippen molar-refractivity contribution in [3.63, 3.8) is 0 Å². The SMILES string of the molecule is CC(C)COCC(C)NCc1ncc[nH]1.Cl. The number of halogens is 1. The van der Waals surface area contributed by atoms with E-state index < -0.39 is 0 Å². The van der Waals surface area contributed by atoms with Gasteiger partial charge in [-0.05, 0) is 12.8 Å². The molecule has 0 aliphatic heterocycles. The second-order valence-electron chi connectivity index (χ2n) is 4.25. The number of ether oxygens (including phenoxy) is 1. The number of nitrogens with zero attached hydrogens (tertiary/aromatic N) is 1. The zero-order valence-electron chi connectivity index (χ0n) is 10.2. The van der Waals surface area contributed by atoms with Crippen LogP contribution in [0.1, 0.15) is 26.6 Å². The lowest BCUT2D eigenvalue weighted by Crippen LogP contribution is -2.31. The number of aromatic nitrogens is 2. The first-order chi connectivity index (χ1) is 7.18. The monoisotopic (exact) mass is 247 g/mol. The van der Waals surface area contributed by atoms with Crippen LogP contribution in [0, 0.1) is 5.92 Å². The summed E-state index contributed by atoms with van der Waals surface area (Å²) in [7, 11) is 0. The Morgan fingerprint density at radius 2 is 2.12 bits per heavy atom. The van der Waals surface area contributed by atoms with E-state index in [-0.39, 0.29) is 12.4 Å². The van der Waals surface area contributed by atoms with Crippen LogP contribution in [0.25, 0.3) is 0 Å². The molecule has 5 heteroatoms. The van der Waals surface area contributed by atoms with Gasteiger partial charge in [-0.2, -0.15) is 0 Å². The molecule has 0 saturated carbocycles. The molecule has 1 heterocycles. The molecule has 0 spiro atoms. The fourth-order valence-electron chi connectivity index (χ4n) is 1.20. The zero-order valence-corrected chi connectivity index (χ0v) is 11.0.